The van der Waals surface area contributed by atoms with E-state index in [1.165, 1.54) is 12.8 Å². The van der Waals surface area contributed by atoms with E-state index in [-0.39, 0.29) is 11.3 Å². The van der Waals surface area contributed by atoms with Crippen molar-refractivity contribution in [3.63, 3.8) is 0 Å². The summed E-state index contributed by atoms with van der Waals surface area (Å²) in [4.78, 5) is 12.9. The summed E-state index contributed by atoms with van der Waals surface area (Å²) in [6, 6.07) is 7.99. The Balaban J connectivity index is 1.71. The molecule has 4 heteroatoms. The van der Waals surface area contributed by atoms with E-state index in [0.29, 0.717) is 19.1 Å². The summed E-state index contributed by atoms with van der Waals surface area (Å²) in [5, 5.41) is 6.59. The monoisotopic (exact) mass is 302 g/mol. The number of rotatable bonds is 5. The first kappa shape index (κ1) is 15.5. The van der Waals surface area contributed by atoms with Crippen LogP contribution in [-0.4, -0.2) is 25.6 Å². The molecule has 0 radical (unpaired) electrons. The first-order valence-corrected chi connectivity index (χ1v) is 8.43. The van der Waals surface area contributed by atoms with Gasteiger partial charge in [0.1, 0.15) is 0 Å². The zero-order valence-electron chi connectivity index (χ0n) is 13.4. The Labute approximate surface area is 132 Å². The van der Waals surface area contributed by atoms with E-state index >= 15 is 0 Å². The van der Waals surface area contributed by atoms with Gasteiger partial charge in [0, 0.05) is 18.8 Å². The largest absolute Gasteiger partial charge is 0.377 e. The third kappa shape index (κ3) is 3.03. The lowest BCUT2D eigenvalue weighted by atomic mass is 9.67. The van der Waals surface area contributed by atoms with Crippen molar-refractivity contribution in [1.29, 1.82) is 0 Å². The molecule has 0 unspecified atom stereocenters. The topological polar surface area (TPSA) is 50.4 Å². The van der Waals surface area contributed by atoms with Gasteiger partial charge >= 0.3 is 0 Å². The fraction of sp³-hybridized carbons (Fsp3) is 0.611. The second-order valence-electron chi connectivity index (χ2n) is 6.52. The zero-order valence-corrected chi connectivity index (χ0v) is 13.4. The summed E-state index contributed by atoms with van der Waals surface area (Å²) in [6.45, 7) is 5.09. The van der Waals surface area contributed by atoms with Gasteiger partial charge < -0.3 is 15.4 Å². The van der Waals surface area contributed by atoms with Crippen molar-refractivity contribution in [3.05, 3.63) is 29.8 Å². The number of fused-ring (bicyclic) bond motifs is 1. The molecular formula is C18H26N2O2. The highest BCUT2D eigenvalue weighted by Crippen LogP contribution is 2.44. The summed E-state index contributed by atoms with van der Waals surface area (Å²) in [6.07, 6.45) is 4.60. The van der Waals surface area contributed by atoms with Gasteiger partial charge in [-0.15, -0.1) is 0 Å². The summed E-state index contributed by atoms with van der Waals surface area (Å²) in [7, 11) is 0. The SMILES string of the molecule is CCOCc1cccc(NC(=O)[C@@]23CCCC[C@H]2CNC3)c1. The van der Waals surface area contributed by atoms with Crippen LogP contribution in [0.1, 0.15) is 38.2 Å². The van der Waals surface area contributed by atoms with Crippen molar-refractivity contribution in [1.82, 2.24) is 5.32 Å². The van der Waals surface area contributed by atoms with Gasteiger partial charge in [0.25, 0.3) is 0 Å². The molecule has 1 amide bonds. The summed E-state index contributed by atoms with van der Waals surface area (Å²) in [5.41, 5.74) is 1.78. The molecule has 4 nitrogen and oxygen atoms in total. The molecule has 3 rings (SSSR count). The number of benzene rings is 1. The van der Waals surface area contributed by atoms with Gasteiger partial charge in [0.05, 0.1) is 12.0 Å². The minimum absolute atomic E-state index is 0.191. The van der Waals surface area contributed by atoms with Crippen molar-refractivity contribution in [2.75, 3.05) is 25.0 Å². The minimum Gasteiger partial charge on any atom is -0.377 e. The number of carbonyl (C=O) groups is 1. The van der Waals surface area contributed by atoms with Crippen LogP contribution >= 0.6 is 0 Å². The van der Waals surface area contributed by atoms with E-state index in [1.54, 1.807) is 0 Å². The molecule has 0 spiro atoms. The standard InChI is InChI=1S/C18H26N2O2/c1-2-22-12-14-6-5-8-16(10-14)20-17(21)18-9-4-3-7-15(18)11-19-13-18/h5-6,8,10,15,19H,2-4,7,9,11-13H2,1H3,(H,20,21)/t15-,18+/m0/s1. The highest BCUT2D eigenvalue weighted by Gasteiger charge is 2.49. The third-order valence-electron chi connectivity index (χ3n) is 5.15. The van der Waals surface area contributed by atoms with Gasteiger partial charge in [-0.25, -0.2) is 0 Å². The maximum absolute atomic E-state index is 12.9. The quantitative estimate of drug-likeness (QED) is 0.879. The van der Waals surface area contributed by atoms with Crippen LogP contribution in [0.4, 0.5) is 5.69 Å². The second-order valence-corrected chi connectivity index (χ2v) is 6.52. The van der Waals surface area contributed by atoms with Crippen LogP contribution in [0.25, 0.3) is 0 Å². The number of anilines is 1. The molecule has 120 valence electrons. The fourth-order valence-electron chi connectivity index (χ4n) is 3.90. The van der Waals surface area contributed by atoms with Gasteiger partial charge in [-0.1, -0.05) is 25.0 Å². The Morgan fingerprint density at radius 3 is 3.23 bits per heavy atom. The second kappa shape index (κ2) is 6.80. The van der Waals surface area contributed by atoms with Crippen LogP contribution in [0.2, 0.25) is 0 Å². The molecular weight excluding hydrogens is 276 g/mol. The summed E-state index contributed by atoms with van der Waals surface area (Å²) >= 11 is 0. The Bertz CT molecular complexity index is 532. The number of carbonyl (C=O) groups excluding carboxylic acids is 1. The number of ether oxygens (including phenoxy) is 1. The number of amides is 1. The molecule has 0 bridgehead atoms. The molecule has 1 aromatic carbocycles. The maximum atomic E-state index is 12.9. The van der Waals surface area contributed by atoms with Crippen LogP contribution in [0.15, 0.2) is 24.3 Å². The molecule has 1 aliphatic carbocycles. The highest BCUT2D eigenvalue weighted by molar-refractivity contribution is 5.96. The van der Waals surface area contributed by atoms with E-state index < -0.39 is 0 Å². The Kier molecular flexibility index (Phi) is 4.79. The lowest BCUT2D eigenvalue weighted by Gasteiger charge is -2.37. The predicted molar refractivity (Wildman–Crippen MR) is 87.7 cm³/mol. The highest BCUT2D eigenvalue weighted by atomic mass is 16.5. The summed E-state index contributed by atoms with van der Waals surface area (Å²) in [5.74, 6) is 0.684. The van der Waals surface area contributed by atoms with Crippen molar-refractivity contribution >= 4 is 11.6 Å². The first-order valence-electron chi connectivity index (χ1n) is 8.43. The fourth-order valence-corrected chi connectivity index (χ4v) is 3.90. The van der Waals surface area contributed by atoms with Crippen molar-refractivity contribution in [3.8, 4) is 0 Å². The molecule has 1 saturated heterocycles. The average molecular weight is 302 g/mol. The molecule has 1 saturated carbocycles. The predicted octanol–water partition coefficient (Wildman–Crippen LogP) is 2.94. The van der Waals surface area contributed by atoms with Crippen LogP contribution < -0.4 is 10.6 Å². The molecule has 22 heavy (non-hydrogen) atoms. The van der Waals surface area contributed by atoms with Gasteiger partial charge in [-0.05, 0) is 49.9 Å². The van der Waals surface area contributed by atoms with E-state index in [0.717, 1.165) is 37.2 Å². The molecule has 2 atom stereocenters. The van der Waals surface area contributed by atoms with Gasteiger partial charge in [0.2, 0.25) is 5.91 Å². The lowest BCUT2D eigenvalue weighted by molar-refractivity contribution is -0.128. The van der Waals surface area contributed by atoms with E-state index in [2.05, 4.69) is 10.6 Å². The number of hydrogen-bond acceptors (Lipinski definition) is 3. The van der Waals surface area contributed by atoms with Crippen LogP contribution in [0.3, 0.4) is 0 Å². The third-order valence-corrected chi connectivity index (χ3v) is 5.15. The Morgan fingerprint density at radius 1 is 1.45 bits per heavy atom. The lowest BCUT2D eigenvalue weighted by Crippen LogP contribution is -2.44. The smallest absolute Gasteiger partial charge is 0.232 e. The first-order chi connectivity index (χ1) is 10.7. The van der Waals surface area contributed by atoms with E-state index in [4.69, 9.17) is 4.74 Å². The van der Waals surface area contributed by atoms with Crippen LogP contribution in [0, 0.1) is 11.3 Å². The summed E-state index contributed by atoms with van der Waals surface area (Å²) < 4.78 is 5.44. The van der Waals surface area contributed by atoms with Crippen molar-refractivity contribution in [2.45, 2.75) is 39.2 Å². The zero-order chi connectivity index (χ0) is 15.4. The molecule has 2 aliphatic rings. The van der Waals surface area contributed by atoms with Gasteiger partial charge in [-0.2, -0.15) is 0 Å². The normalized spacial score (nSPS) is 27.4. The molecule has 2 N–H and O–H groups in total. The number of hydrogen-bond donors (Lipinski definition) is 2. The molecule has 2 fully saturated rings. The molecule has 1 aliphatic heterocycles. The Hall–Kier alpha value is -1.39. The average Bonchev–Trinajstić information content (AvgIpc) is 2.98. The van der Waals surface area contributed by atoms with Gasteiger partial charge in [-0.3, -0.25) is 4.79 Å². The van der Waals surface area contributed by atoms with Crippen molar-refractivity contribution in [2.24, 2.45) is 11.3 Å². The van der Waals surface area contributed by atoms with E-state index in [9.17, 15) is 4.79 Å². The Morgan fingerprint density at radius 2 is 2.36 bits per heavy atom. The molecule has 0 aromatic heterocycles. The van der Waals surface area contributed by atoms with Crippen LogP contribution in [0.5, 0.6) is 0 Å². The van der Waals surface area contributed by atoms with E-state index in [1.807, 2.05) is 31.2 Å². The number of nitrogens with one attached hydrogen (secondary N) is 2. The van der Waals surface area contributed by atoms with Gasteiger partial charge in [0.15, 0.2) is 0 Å². The minimum atomic E-state index is -0.200. The maximum Gasteiger partial charge on any atom is 0.232 e. The van der Waals surface area contributed by atoms with Crippen LogP contribution in [-0.2, 0) is 16.1 Å². The molecule has 1 aromatic rings. The van der Waals surface area contributed by atoms with Crippen molar-refractivity contribution < 1.29 is 9.53 Å². The molecule has 1 heterocycles.